The second-order valence-corrected chi connectivity index (χ2v) is 8.60. The molecule has 6 heteroatoms. The number of anilines is 1. The Labute approximate surface area is 202 Å². The third kappa shape index (κ3) is 6.24. The van der Waals surface area contributed by atoms with Gasteiger partial charge in [-0.25, -0.2) is 0 Å². The smallest absolute Gasteiger partial charge is 0.266 e. The SMILES string of the molecule is COc1cc(/C=C(\C#N)C(=O)Nc2ccc(C)cc2C)c(Br)cc1OCc1ccc(C)cc1. The number of hydrogen-bond donors (Lipinski definition) is 1. The minimum atomic E-state index is -0.477. The predicted octanol–water partition coefficient (Wildman–Crippen LogP) is 6.51. The van der Waals surface area contributed by atoms with E-state index in [-0.39, 0.29) is 5.57 Å². The quantitative estimate of drug-likeness (QED) is 0.294. The van der Waals surface area contributed by atoms with E-state index < -0.39 is 5.91 Å². The summed E-state index contributed by atoms with van der Waals surface area (Å²) < 4.78 is 12.1. The predicted molar refractivity (Wildman–Crippen MR) is 134 cm³/mol. The Bertz CT molecular complexity index is 1240. The summed E-state index contributed by atoms with van der Waals surface area (Å²) in [5, 5.41) is 12.4. The van der Waals surface area contributed by atoms with Crippen LogP contribution in [0.25, 0.3) is 6.08 Å². The fraction of sp³-hybridized carbons (Fsp3) is 0.185. The number of hydrogen-bond acceptors (Lipinski definition) is 4. The number of rotatable bonds is 7. The van der Waals surface area contributed by atoms with Crippen molar-refractivity contribution < 1.29 is 14.3 Å². The fourth-order valence-electron chi connectivity index (χ4n) is 3.23. The summed E-state index contributed by atoms with van der Waals surface area (Å²) in [6.45, 7) is 6.32. The molecule has 3 aromatic rings. The van der Waals surface area contributed by atoms with Crippen molar-refractivity contribution in [3.8, 4) is 17.6 Å². The molecule has 5 nitrogen and oxygen atoms in total. The van der Waals surface area contributed by atoms with Crippen molar-refractivity contribution in [3.63, 3.8) is 0 Å². The number of nitrogens with zero attached hydrogens (tertiary/aromatic N) is 1. The zero-order chi connectivity index (χ0) is 24.0. The second-order valence-electron chi connectivity index (χ2n) is 7.74. The van der Waals surface area contributed by atoms with Crippen LogP contribution in [-0.2, 0) is 11.4 Å². The summed E-state index contributed by atoms with van der Waals surface area (Å²) >= 11 is 3.52. The molecule has 1 amide bonds. The van der Waals surface area contributed by atoms with Crippen molar-refractivity contribution >= 4 is 33.6 Å². The van der Waals surface area contributed by atoms with Crippen LogP contribution in [-0.4, -0.2) is 13.0 Å². The van der Waals surface area contributed by atoms with Gasteiger partial charge in [-0.2, -0.15) is 5.26 Å². The Morgan fingerprint density at radius 1 is 1.03 bits per heavy atom. The van der Waals surface area contributed by atoms with E-state index in [0.29, 0.717) is 33.8 Å². The average Bonchev–Trinajstić information content (AvgIpc) is 2.79. The zero-order valence-electron chi connectivity index (χ0n) is 19.0. The molecule has 0 aliphatic heterocycles. The minimum absolute atomic E-state index is 0.0222. The Morgan fingerprint density at radius 3 is 2.36 bits per heavy atom. The highest BCUT2D eigenvalue weighted by molar-refractivity contribution is 9.10. The molecule has 0 aliphatic rings. The van der Waals surface area contributed by atoms with Gasteiger partial charge in [-0.15, -0.1) is 0 Å². The van der Waals surface area contributed by atoms with E-state index in [4.69, 9.17) is 9.47 Å². The first kappa shape index (κ1) is 24.1. The maximum Gasteiger partial charge on any atom is 0.266 e. The van der Waals surface area contributed by atoms with Gasteiger partial charge in [0.05, 0.1) is 7.11 Å². The monoisotopic (exact) mass is 504 g/mol. The van der Waals surface area contributed by atoms with Crippen LogP contribution in [0.15, 0.2) is 64.6 Å². The lowest BCUT2D eigenvalue weighted by atomic mass is 10.1. The summed E-state index contributed by atoms with van der Waals surface area (Å²) in [4.78, 5) is 12.7. The Kier molecular flexibility index (Phi) is 7.92. The van der Waals surface area contributed by atoms with E-state index in [0.717, 1.165) is 16.7 Å². The van der Waals surface area contributed by atoms with Gasteiger partial charge in [0.2, 0.25) is 0 Å². The van der Waals surface area contributed by atoms with Gasteiger partial charge in [0.15, 0.2) is 11.5 Å². The topological polar surface area (TPSA) is 71.3 Å². The molecular weight excluding hydrogens is 480 g/mol. The molecule has 0 aliphatic carbocycles. The van der Waals surface area contributed by atoms with E-state index in [2.05, 4.69) is 21.2 Å². The van der Waals surface area contributed by atoms with Crippen molar-refractivity contribution in [2.75, 3.05) is 12.4 Å². The minimum Gasteiger partial charge on any atom is -0.493 e. The normalized spacial score (nSPS) is 11.0. The average molecular weight is 505 g/mol. The van der Waals surface area contributed by atoms with Crippen LogP contribution in [0.2, 0.25) is 0 Å². The number of carbonyl (C=O) groups is 1. The summed E-state index contributed by atoms with van der Waals surface area (Å²) in [5.74, 6) is 0.582. The third-order valence-electron chi connectivity index (χ3n) is 5.09. The van der Waals surface area contributed by atoms with Crippen LogP contribution in [0.1, 0.15) is 27.8 Å². The molecule has 1 N–H and O–H groups in total. The van der Waals surface area contributed by atoms with Crippen LogP contribution in [0.3, 0.4) is 0 Å². The van der Waals surface area contributed by atoms with Gasteiger partial charge in [-0.3, -0.25) is 4.79 Å². The molecule has 3 rings (SSSR count). The molecule has 0 saturated heterocycles. The molecule has 0 radical (unpaired) electrons. The fourth-order valence-corrected chi connectivity index (χ4v) is 3.66. The Balaban J connectivity index is 1.82. The van der Waals surface area contributed by atoms with Gasteiger partial charge in [0.1, 0.15) is 18.2 Å². The highest BCUT2D eigenvalue weighted by Crippen LogP contribution is 2.35. The van der Waals surface area contributed by atoms with Crippen molar-refractivity contribution in [3.05, 3.63) is 92.5 Å². The number of aryl methyl sites for hydroxylation is 3. The number of halogens is 1. The van der Waals surface area contributed by atoms with Crippen molar-refractivity contribution in [1.82, 2.24) is 0 Å². The molecule has 0 spiro atoms. The molecule has 0 saturated carbocycles. The van der Waals surface area contributed by atoms with E-state index in [9.17, 15) is 10.1 Å². The molecule has 0 aromatic heterocycles. The molecular formula is C27H25BrN2O3. The number of nitriles is 1. The lowest BCUT2D eigenvalue weighted by Gasteiger charge is -2.13. The number of methoxy groups -OCH3 is 1. The van der Waals surface area contributed by atoms with Gasteiger partial charge in [-0.05, 0) is 61.7 Å². The summed E-state index contributed by atoms with van der Waals surface area (Å²) in [6.07, 6.45) is 1.52. The third-order valence-corrected chi connectivity index (χ3v) is 5.78. The largest absolute Gasteiger partial charge is 0.493 e. The second kappa shape index (κ2) is 10.8. The van der Waals surface area contributed by atoms with Crippen LogP contribution >= 0.6 is 15.9 Å². The molecule has 0 fully saturated rings. The number of amides is 1. The molecule has 0 bridgehead atoms. The van der Waals surface area contributed by atoms with Crippen molar-refractivity contribution in [2.24, 2.45) is 0 Å². The highest BCUT2D eigenvalue weighted by Gasteiger charge is 2.15. The molecule has 0 heterocycles. The van der Waals surface area contributed by atoms with Crippen LogP contribution < -0.4 is 14.8 Å². The van der Waals surface area contributed by atoms with E-state index in [1.807, 2.05) is 69.3 Å². The number of nitrogens with one attached hydrogen (secondary N) is 1. The molecule has 0 atom stereocenters. The number of ether oxygens (including phenoxy) is 2. The lowest BCUT2D eigenvalue weighted by molar-refractivity contribution is -0.112. The highest BCUT2D eigenvalue weighted by atomic mass is 79.9. The molecule has 33 heavy (non-hydrogen) atoms. The van der Waals surface area contributed by atoms with Gasteiger partial charge >= 0.3 is 0 Å². The lowest BCUT2D eigenvalue weighted by Crippen LogP contribution is -2.14. The van der Waals surface area contributed by atoms with Gasteiger partial charge in [0.25, 0.3) is 5.91 Å². The standard InChI is InChI=1S/C27H25BrN2O3/c1-17-5-8-20(9-6-17)16-33-26-14-23(28)21(13-25(26)32-4)12-22(15-29)27(31)30-24-10-7-18(2)11-19(24)3/h5-14H,16H2,1-4H3,(H,30,31)/b22-12+. The van der Waals surface area contributed by atoms with Crippen LogP contribution in [0.5, 0.6) is 11.5 Å². The molecule has 168 valence electrons. The first-order valence-corrected chi connectivity index (χ1v) is 11.2. The first-order valence-electron chi connectivity index (χ1n) is 10.4. The summed E-state index contributed by atoms with van der Waals surface area (Å²) in [6, 6.07) is 19.3. The summed E-state index contributed by atoms with van der Waals surface area (Å²) in [5.41, 5.74) is 5.53. The first-order chi connectivity index (χ1) is 15.8. The van der Waals surface area contributed by atoms with Crippen LogP contribution in [0, 0.1) is 32.1 Å². The Morgan fingerprint density at radius 2 is 1.73 bits per heavy atom. The van der Waals surface area contributed by atoms with Gasteiger partial charge < -0.3 is 14.8 Å². The van der Waals surface area contributed by atoms with E-state index >= 15 is 0 Å². The van der Waals surface area contributed by atoms with Crippen LogP contribution in [0.4, 0.5) is 5.69 Å². The molecule has 3 aromatic carbocycles. The van der Waals surface area contributed by atoms with Crippen molar-refractivity contribution in [1.29, 1.82) is 5.26 Å². The zero-order valence-corrected chi connectivity index (χ0v) is 20.6. The molecule has 0 unspecified atom stereocenters. The Hall–Kier alpha value is -3.56. The van der Waals surface area contributed by atoms with E-state index in [1.54, 1.807) is 19.2 Å². The summed E-state index contributed by atoms with van der Waals surface area (Å²) in [7, 11) is 1.55. The van der Waals surface area contributed by atoms with E-state index in [1.165, 1.54) is 11.6 Å². The van der Waals surface area contributed by atoms with Gasteiger partial charge in [-0.1, -0.05) is 63.5 Å². The maximum absolute atomic E-state index is 12.7. The number of benzene rings is 3. The van der Waals surface area contributed by atoms with Crippen molar-refractivity contribution in [2.45, 2.75) is 27.4 Å². The van der Waals surface area contributed by atoms with Gasteiger partial charge in [0, 0.05) is 10.2 Å². The maximum atomic E-state index is 12.7. The number of carbonyl (C=O) groups excluding carboxylic acids is 1.